The topological polar surface area (TPSA) is 97.6 Å². The molecule has 3 aromatic rings. The van der Waals surface area contributed by atoms with Gasteiger partial charge in [0, 0.05) is 25.3 Å². The van der Waals surface area contributed by atoms with Gasteiger partial charge in [-0.3, -0.25) is 9.59 Å². The van der Waals surface area contributed by atoms with Gasteiger partial charge in [0.15, 0.2) is 6.61 Å². The molecule has 0 aliphatic rings. The number of carbonyl (C=O) groups excluding carboxylic acids is 2. The van der Waals surface area contributed by atoms with Gasteiger partial charge in [-0.25, -0.2) is 4.39 Å². The number of rotatable bonds is 8. The molecule has 10 heteroatoms. The lowest BCUT2D eigenvalue weighted by Crippen LogP contribution is -2.21. The number of carbonyl (C=O) groups is 2. The second-order valence-corrected chi connectivity index (χ2v) is 7.24. The van der Waals surface area contributed by atoms with Crippen molar-refractivity contribution < 1.29 is 23.1 Å². The summed E-state index contributed by atoms with van der Waals surface area (Å²) >= 11 is 1.09. The molecule has 0 spiro atoms. The van der Waals surface area contributed by atoms with E-state index in [2.05, 4.69) is 15.5 Å². The van der Waals surface area contributed by atoms with E-state index in [-0.39, 0.29) is 41.1 Å². The van der Waals surface area contributed by atoms with Crippen LogP contribution in [0.4, 0.5) is 10.1 Å². The Morgan fingerprint density at radius 2 is 1.80 bits per heavy atom. The Morgan fingerprint density at radius 3 is 2.47 bits per heavy atom. The second-order valence-electron chi connectivity index (χ2n) is 6.32. The third kappa shape index (κ3) is 6.05. The van der Waals surface area contributed by atoms with Crippen molar-refractivity contribution in [2.75, 3.05) is 25.2 Å². The van der Waals surface area contributed by atoms with Crippen molar-refractivity contribution in [3.63, 3.8) is 0 Å². The van der Waals surface area contributed by atoms with Crippen LogP contribution in [0.15, 0.2) is 58.2 Å². The molecule has 0 bridgehead atoms. The zero-order valence-electron chi connectivity index (χ0n) is 16.3. The SMILES string of the molecule is CN(C)C(=O)c1ccc(NC(=O)CSc2nnc(COc3ccc(F)cc3)o2)cc1. The lowest BCUT2D eigenvalue weighted by Gasteiger charge is -2.10. The quantitative estimate of drug-likeness (QED) is 0.548. The third-order valence-electron chi connectivity index (χ3n) is 3.77. The number of thioether (sulfide) groups is 1. The molecule has 0 aliphatic carbocycles. The first-order valence-corrected chi connectivity index (χ1v) is 9.84. The van der Waals surface area contributed by atoms with Crippen LogP contribution in [0.1, 0.15) is 16.2 Å². The highest BCUT2D eigenvalue weighted by Crippen LogP contribution is 2.19. The Labute approximate surface area is 176 Å². The van der Waals surface area contributed by atoms with E-state index in [0.717, 1.165) is 11.8 Å². The van der Waals surface area contributed by atoms with E-state index in [9.17, 15) is 14.0 Å². The number of nitrogens with one attached hydrogen (secondary N) is 1. The van der Waals surface area contributed by atoms with Crippen LogP contribution in [0.3, 0.4) is 0 Å². The number of benzene rings is 2. The number of nitrogens with zero attached hydrogens (tertiary/aromatic N) is 3. The van der Waals surface area contributed by atoms with Crippen molar-refractivity contribution in [1.82, 2.24) is 15.1 Å². The molecule has 0 unspecified atom stereocenters. The monoisotopic (exact) mass is 430 g/mol. The Bertz CT molecular complexity index is 1010. The minimum Gasteiger partial charge on any atom is -0.484 e. The van der Waals surface area contributed by atoms with Crippen LogP contribution in [0, 0.1) is 5.82 Å². The molecule has 0 saturated carbocycles. The molecule has 1 heterocycles. The van der Waals surface area contributed by atoms with Crippen molar-refractivity contribution in [3.05, 3.63) is 65.8 Å². The molecule has 0 fully saturated rings. The van der Waals surface area contributed by atoms with Gasteiger partial charge >= 0.3 is 0 Å². The first-order chi connectivity index (χ1) is 14.4. The average molecular weight is 430 g/mol. The maximum absolute atomic E-state index is 12.9. The molecule has 1 aromatic heterocycles. The van der Waals surface area contributed by atoms with Gasteiger partial charge in [-0.2, -0.15) is 0 Å². The van der Waals surface area contributed by atoms with E-state index in [4.69, 9.17) is 9.15 Å². The van der Waals surface area contributed by atoms with E-state index >= 15 is 0 Å². The summed E-state index contributed by atoms with van der Waals surface area (Å²) in [7, 11) is 3.35. The molecule has 0 aliphatic heterocycles. The Morgan fingerprint density at radius 1 is 1.10 bits per heavy atom. The van der Waals surface area contributed by atoms with Crippen LogP contribution in [0.5, 0.6) is 5.75 Å². The number of anilines is 1. The van der Waals surface area contributed by atoms with Gasteiger partial charge in [0.2, 0.25) is 5.91 Å². The van der Waals surface area contributed by atoms with Gasteiger partial charge in [-0.1, -0.05) is 11.8 Å². The summed E-state index contributed by atoms with van der Waals surface area (Å²) in [6.07, 6.45) is 0. The van der Waals surface area contributed by atoms with Gasteiger partial charge in [-0.05, 0) is 48.5 Å². The number of hydrogen-bond donors (Lipinski definition) is 1. The van der Waals surface area contributed by atoms with Crippen LogP contribution in [0.2, 0.25) is 0 Å². The summed E-state index contributed by atoms with van der Waals surface area (Å²) in [6.45, 7) is 0.0312. The molecule has 0 atom stereocenters. The number of ether oxygens (including phenoxy) is 1. The predicted molar refractivity (Wildman–Crippen MR) is 109 cm³/mol. The summed E-state index contributed by atoms with van der Waals surface area (Å²) in [5.74, 6) is 0.0618. The molecular formula is C20H19FN4O4S. The van der Waals surface area contributed by atoms with E-state index in [1.807, 2.05) is 0 Å². The van der Waals surface area contributed by atoms with E-state index in [1.165, 1.54) is 29.2 Å². The van der Waals surface area contributed by atoms with Gasteiger partial charge in [-0.15, -0.1) is 10.2 Å². The minimum absolute atomic E-state index is 0.0312. The average Bonchev–Trinajstić information content (AvgIpc) is 3.20. The lowest BCUT2D eigenvalue weighted by molar-refractivity contribution is -0.113. The van der Waals surface area contributed by atoms with Crippen molar-refractivity contribution in [1.29, 1.82) is 0 Å². The van der Waals surface area contributed by atoms with Crippen molar-refractivity contribution in [2.45, 2.75) is 11.8 Å². The molecule has 3 rings (SSSR count). The highest BCUT2D eigenvalue weighted by Gasteiger charge is 2.12. The molecule has 156 valence electrons. The second kappa shape index (κ2) is 9.88. The summed E-state index contributed by atoms with van der Waals surface area (Å²) in [5, 5.41) is 10.7. The zero-order chi connectivity index (χ0) is 21.5. The highest BCUT2D eigenvalue weighted by molar-refractivity contribution is 7.99. The molecule has 0 saturated heterocycles. The maximum atomic E-state index is 12.9. The largest absolute Gasteiger partial charge is 0.484 e. The molecular weight excluding hydrogens is 411 g/mol. The number of halogens is 1. The molecule has 2 amide bonds. The summed E-state index contributed by atoms with van der Waals surface area (Å²) in [4.78, 5) is 25.5. The fraction of sp³-hybridized carbons (Fsp3) is 0.200. The van der Waals surface area contributed by atoms with Gasteiger partial charge in [0.1, 0.15) is 11.6 Å². The Kier molecular flexibility index (Phi) is 7.02. The van der Waals surface area contributed by atoms with Crippen molar-refractivity contribution in [2.24, 2.45) is 0 Å². The van der Waals surface area contributed by atoms with E-state index < -0.39 is 0 Å². The van der Waals surface area contributed by atoms with E-state index in [0.29, 0.717) is 17.0 Å². The Hall–Kier alpha value is -3.40. The van der Waals surface area contributed by atoms with Gasteiger partial charge < -0.3 is 19.4 Å². The molecule has 2 aromatic carbocycles. The highest BCUT2D eigenvalue weighted by atomic mass is 32.2. The predicted octanol–water partition coefficient (Wildman–Crippen LogP) is 3.22. The van der Waals surface area contributed by atoms with Crippen LogP contribution in [0.25, 0.3) is 0 Å². The minimum atomic E-state index is -0.352. The number of amides is 2. The molecule has 1 N–H and O–H groups in total. The van der Waals surface area contributed by atoms with Crippen molar-refractivity contribution >= 4 is 29.3 Å². The molecule has 0 radical (unpaired) electrons. The van der Waals surface area contributed by atoms with Gasteiger partial charge in [0.25, 0.3) is 17.0 Å². The van der Waals surface area contributed by atoms with Crippen LogP contribution in [-0.4, -0.2) is 46.8 Å². The zero-order valence-corrected chi connectivity index (χ0v) is 17.1. The number of hydrogen-bond acceptors (Lipinski definition) is 7. The summed E-state index contributed by atoms with van der Waals surface area (Å²) in [5.41, 5.74) is 1.11. The summed E-state index contributed by atoms with van der Waals surface area (Å²) in [6, 6.07) is 12.2. The normalized spacial score (nSPS) is 10.5. The number of aromatic nitrogens is 2. The first kappa shape index (κ1) is 21.3. The first-order valence-electron chi connectivity index (χ1n) is 8.86. The fourth-order valence-corrected chi connectivity index (χ4v) is 2.89. The maximum Gasteiger partial charge on any atom is 0.277 e. The Balaban J connectivity index is 1.44. The van der Waals surface area contributed by atoms with Gasteiger partial charge in [0.05, 0.1) is 5.75 Å². The van der Waals surface area contributed by atoms with E-state index in [1.54, 1.807) is 38.4 Å². The van der Waals surface area contributed by atoms with Crippen molar-refractivity contribution in [3.8, 4) is 5.75 Å². The van der Waals surface area contributed by atoms with Crippen LogP contribution < -0.4 is 10.1 Å². The van der Waals surface area contributed by atoms with Crippen LogP contribution in [-0.2, 0) is 11.4 Å². The standard InChI is InChI=1S/C20H19FN4O4S/c1-25(2)19(27)13-3-7-15(8-4-13)22-17(26)12-30-20-24-23-18(29-20)11-28-16-9-5-14(21)6-10-16/h3-10H,11-12H2,1-2H3,(H,22,26). The fourth-order valence-electron chi connectivity index (χ4n) is 2.31. The lowest BCUT2D eigenvalue weighted by atomic mass is 10.2. The summed E-state index contributed by atoms with van der Waals surface area (Å²) < 4.78 is 23.7. The van der Waals surface area contributed by atoms with Crippen LogP contribution >= 0.6 is 11.8 Å². The molecule has 30 heavy (non-hydrogen) atoms. The third-order valence-corrected chi connectivity index (χ3v) is 4.59. The smallest absolute Gasteiger partial charge is 0.277 e. The molecule has 8 nitrogen and oxygen atoms in total.